The number of rotatable bonds is 6. The zero-order valence-corrected chi connectivity index (χ0v) is 14.3. The largest absolute Gasteiger partial charge is 0.381 e. The third kappa shape index (κ3) is 5.20. The van der Waals surface area contributed by atoms with Crippen molar-refractivity contribution in [2.75, 3.05) is 26.0 Å². The number of urea groups is 1. The van der Waals surface area contributed by atoms with Crippen molar-refractivity contribution in [3.8, 4) is 0 Å². The van der Waals surface area contributed by atoms with Gasteiger partial charge in [0, 0.05) is 30.5 Å². The summed E-state index contributed by atoms with van der Waals surface area (Å²) >= 11 is 3.53. The van der Waals surface area contributed by atoms with E-state index in [9.17, 15) is 4.79 Å². The average molecular weight is 329 g/mol. The molecule has 1 saturated heterocycles. The summed E-state index contributed by atoms with van der Waals surface area (Å²) in [4.78, 5) is 12.0. The lowest BCUT2D eigenvalue weighted by molar-refractivity contribution is 0.0777. The molecule has 0 aliphatic carbocycles. The Kier molecular flexibility index (Phi) is 6.39. The molecule has 6 heteroatoms. The maximum Gasteiger partial charge on any atom is 0.315 e. The second-order valence-corrected chi connectivity index (χ2v) is 7.62. The van der Waals surface area contributed by atoms with Gasteiger partial charge in [-0.05, 0) is 54.8 Å². The zero-order chi connectivity index (χ0) is 15.1. The lowest BCUT2D eigenvalue weighted by atomic mass is 9.99. The predicted octanol–water partition coefficient (Wildman–Crippen LogP) is 2.89. The second kappa shape index (κ2) is 8.06. The topological polar surface area (TPSA) is 50.4 Å². The summed E-state index contributed by atoms with van der Waals surface area (Å²) in [6.07, 6.45) is 4.99. The molecular weight excluding hydrogens is 304 g/mol. The van der Waals surface area contributed by atoms with Crippen LogP contribution in [0.2, 0.25) is 0 Å². The number of nitrogens with one attached hydrogen (secondary N) is 2. The first-order valence-corrected chi connectivity index (χ1v) is 9.49. The highest BCUT2D eigenvalue weighted by molar-refractivity contribution is 8.00. The van der Waals surface area contributed by atoms with Gasteiger partial charge in [0.2, 0.25) is 0 Å². The molecule has 0 spiro atoms. The highest BCUT2D eigenvalue weighted by atomic mass is 32.2. The van der Waals surface area contributed by atoms with Crippen LogP contribution in [0.3, 0.4) is 0 Å². The number of thiophene rings is 1. The zero-order valence-electron chi connectivity index (χ0n) is 12.7. The molecule has 0 saturated carbocycles. The molecule has 21 heavy (non-hydrogen) atoms. The third-order valence-electron chi connectivity index (χ3n) is 3.91. The van der Waals surface area contributed by atoms with Gasteiger partial charge >= 0.3 is 6.03 Å². The predicted molar refractivity (Wildman–Crippen MR) is 90.3 cm³/mol. The Morgan fingerprint density at radius 1 is 1.52 bits per heavy atom. The monoisotopic (exact) mass is 328 g/mol. The first kappa shape index (κ1) is 16.6. The van der Waals surface area contributed by atoms with Crippen molar-refractivity contribution in [2.45, 2.75) is 37.0 Å². The van der Waals surface area contributed by atoms with Crippen molar-refractivity contribution in [3.63, 3.8) is 0 Å². The minimum absolute atomic E-state index is 0.0716. The summed E-state index contributed by atoms with van der Waals surface area (Å²) in [5, 5.41) is 10.2. The van der Waals surface area contributed by atoms with E-state index >= 15 is 0 Å². The highest BCUT2D eigenvalue weighted by Crippen LogP contribution is 2.32. The Morgan fingerprint density at radius 2 is 2.29 bits per heavy atom. The van der Waals surface area contributed by atoms with Gasteiger partial charge in [-0.2, -0.15) is 23.1 Å². The summed E-state index contributed by atoms with van der Waals surface area (Å²) in [5.41, 5.74) is 1.28. The summed E-state index contributed by atoms with van der Waals surface area (Å²) in [6.45, 7) is 4.32. The van der Waals surface area contributed by atoms with E-state index in [0.717, 1.165) is 32.5 Å². The molecule has 118 valence electrons. The normalized spacial score (nSPS) is 19.0. The molecule has 0 aromatic carbocycles. The Bertz CT molecular complexity index is 431. The third-order valence-corrected chi connectivity index (χ3v) is 6.06. The quantitative estimate of drug-likeness (QED) is 0.844. The van der Waals surface area contributed by atoms with Crippen LogP contribution >= 0.6 is 23.1 Å². The van der Waals surface area contributed by atoms with Crippen molar-refractivity contribution < 1.29 is 9.53 Å². The van der Waals surface area contributed by atoms with Crippen molar-refractivity contribution >= 4 is 29.1 Å². The van der Waals surface area contributed by atoms with E-state index < -0.39 is 0 Å². The number of ether oxygens (including phenoxy) is 1. The standard InChI is InChI=1S/C15H24N2O2S2/c1-12(9-13-3-8-21-10-13)17-14(18)16-11-15(20-2)4-6-19-7-5-15/h3,8,10,12H,4-7,9,11H2,1-2H3,(H2,16,17,18)/t12-/m1/s1. The molecular formula is C15H24N2O2S2. The van der Waals surface area contributed by atoms with E-state index in [1.807, 2.05) is 18.7 Å². The van der Waals surface area contributed by atoms with Gasteiger partial charge in [0.15, 0.2) is 0 Å². The van der Waals surface area contributed by atoms with E-state index in [0.29, 0.717) is 6.54 Å². The molecule has 1 atom stereocenters. The van der Waals surface area contributed by atoms with E-state index in [2.05, 4.69) is 33.7 Å². The Labute approximate surface area is 135 Å². The van der Waals surface area contributed by atoms with E-state index in [4.69, 9.17) is 4.74 Å². The van der Waals surface area contributed by atoms with Gasteiger partial charge in [-0.1, -0.05) is 0 Å². The van der Waals surface area contributed by atoms with Crippen LogP contribution < -0.4 is 10.6 Å². The van der Waals surface area contributed by atoms with Crippen LogP contribution in [-0.4, -0.2) is 42.8 Å². The minimum atomic E-state index is -0.0716. The lowest BCUT2D eigenvalue weighted by Gasteiger charge is -2.35. The summed E-state index contributed by atoms with van der Waals surface area (Å²) < 4.78 is 5.55. The smallest absolute Gasteiger partial charge is 0.315 e. The van der Waals surface area contributed by atoms with Gasteiger partial charge in [0.05, 0.1) is 0 Å². The molecule has 1 aromatic heterocycles. The SMILES string of the molecule is CSC1(CNC(=O)N[C@H](C)Cc2ccsc2)CCOCC1. The maximum absolute atomic E-state index is 12.0. The first-order valence-electron chi connectivity index (χ1n) is 7.32. The van der Waals surface area contributed by atoms with Crippen LogP contribution in [-0.2, 0) is 11.2 Å². The molecule has 0 unspecified atom stereocenters. The van der Waals surface area contributed by atoms with Crippen LogP contribution in [0.15, 0.2) is 16.8 Å². The number of hydrogen-bond donors (Lipinski definition) is 2. The Hall–Kier alpha value is -0.720. The molecule has 2 N–H and O–H groups in total. The Balaban J connectivity index is 1.73. The van der Waals surface area contributed by atoms with Crippen molar-refractivity contribution in [1.29, 1.82) is 0 Å². The summed E-state index contributed by atoms with van der Waals surface area (Å²) in [7, 11) is 0. The van der Waals surface area contributed by atoms with Gasteiger partial charge in [0.25, 0.3) is 0 Å². The van der Waals surface area contributed by atoms with Gasteiger partial charge in [-0.25, -0.2) is 4.79 Å². The summed E-state index contributed by atoms with van der Waals surface area (Å²) in [5.74, 6) is 0. The van der Waals surface area contributed by atoms with E-state index in [1.54, 1.807) is 11.3 Å². The van der Waals surface area contributed by atoms with Crippen molar-refractivity contribution in [1.82, 2.24) is 10.6 Å². The number of thioether (sulfide) groups is 1. The fourth-order valence-electron chi connectivity index (χ4n) is 2.53. The number of carbonyl (C=O) groups excluding carboxylic acids is 1. The first-order chi connectivity index (χ1) is 10.1. The van der Waals surface area contributed by atoms with Gasteiger partial charge < -0.3 is 15.4 Å². The fourth-order valence-corrected chi connectivity index (χ4v) is 4.00. The molecule has 0 bridgehead atoms. The molecule has 0 radical (unpaired) electrons. The van der Waals surface area contributed by atoms with Crippen LogP contribution in [0.25, 0.3) is 0 Å². The van der Waals surface area contributed by atoms with E-state index in [1.165, 1.54) is 5.56 Å². The molecule has 1 fully saturated rings. The van der Waals surface area contributed by atoms with Crippen LogP contribution in [0.4, 0.5) is 4.79 Å². The molecule has 2 rings (SSSR count). The lowest BCUT2D eigenvalue weighted by Crippen LogP contribution is -2.49. The van der Waals surface area contributed by atoms with Gasteiger partial charge in [-0.3, -0.25) is 0 Å². The Morgan fingerprint density at radius 3 is 2.90 bits per heavy atom. The second-order valence-electron chi connectivity index (χ2n) is 5.56. The molecule has 1 aliphatic heterocycles. The molecule has 4 nitrogen and oxygen atoms in total. The summed E-state index contributed by atoms with van der Waals surface area (Å²) in [6, 6.07) is 2.17. The van der Waals surface area contributed by atoms with Crippen LogP contribution in [0.5, 0.6) is 0 Å². The number of hydrogen-bond acceptors (Lipinski definition) is 4. The number of carbonyl (C=O) groups is 1. The number of amides is 2. The van der Waals surface area contributed by atoms with Gasteiger partial charge in [-0.15, -0.1) is 0 Å². The molecule has 1 aromatic rings. The van der Waals surface area contributed by atoms with Crippen molar-refractivity contribution in [2.24, 2.45) is 0 Å². The average Bonchev–Trinajstić information content (AvgIpc) is 2.99. The fraction of sp³-hybridized carbons (Fsp3) is 0.667. The maximum atomic E-state index is 12.0. The minimum Gasteiger partial charge on any atom is -0.381 e. The molecule has 2 amide bonds. The van der Waals surface area contributed by atoms with E-state index in [-0.39, 0.29) is 16.8 Å². The highest BCUT2D eigenvalue weighted by Gasteiger charge is 2.32. The van der Waals surface area contributed by atoms with Gasteiger partial charge in [0.1, 0.15) is 0 Å². The molecule has 2 heterocycles. The molecule has 1 aliphatic rings. The van der Waals surface area contributed by atoms with Crippen LogP contribution in [0.1, 0.15) is 25.3 Å². The van der Waals surface area contributed by atoms with Crippen molar-refractivity contribution in [3.05, 3.63) is 22.4 Å². The van der Waals surface area contributed by atoms with Crippen LogP contribution in [0, 0.1) is 0 Å².